The Balaban J connectivity index is 2.15. The summed E-state index contributed by atoms with van der Waals surface area (Å²) in [6.07, 6.45) is 0. The Bertz CT molecular complexity index is 543. The summed E-state index contributed by atoms with van der Waals surface area (Å²) in [5.74, 6) is 1.25. The first-order chi connectivity index (χ1) is 8.70. The van der Waals surface area contributed by atoms with Gasteiger partial charge >= 0.3 is 0 Å². The maximum Gasteiger partial charge on any atom is 0.138 e. The van der Waals surface area contributed by atoms with Gasteiger partial charge < -0.3 is 4.74 Å². The maximum absolute atomic E-state index is 5.90. The molecule has 4 heteroatoms. The first-order valence-corrected chi connectivity index (χ1v) is 7.53. The highest BCUT2D eigenvalue weighted by Crippen LogP contribution is 2.31. The Labute approximate surface area is 128 Å². The van der Waals surface area contributed by atoms with E-state index in [-0.39, 0.29) is 0 Å². The van der Waals surface area contributed by atoms with Gasteiger partial charge in [0.05, 0.1) is 10.4 Å². The summed E-state index contributed by atoms with van der Waals surface area (Å²) >= 11 is 12.8. The zero-order chi connectivity index (χ0) is 13.0. The summed E-state index contributed by atoms with van der Waals surface area (Å²) in [6, 6.07) is 13.9. The molecule has 0 spiro atoms. The summed E-state index contributed by atoms with van der Waals surface area (Å²) in [6.45, 7) is 0.520. The lowest BCUT2D eigenvalue weighted by Gasteiger charge is -2.12. The van der Waals surface area contributed by atoms with Crippen molar-refractivity contribution in [3.8, 4) is 5.75 Å². The van der Waals surface area contributed by atoms with E-state index in [1.807, 2.05) is 42.5 Å². The van der Waals surface area contributed by atoms with E-state index < -0.39 is 0 Å². The average molecular weight is 391 g/mol. The lowest BCUT2D eigenvalue weighted by molar-refractivity contribution is 0.302. The van der Waals surface area contributed by atoms with Crippen LogP contribution in [0.25, 0.3) is 0 Å². The second kappa shape index (κ2) is 6.60. The lowest BCUT2D eigenvalue weighted by atomic mass is 10.2. The van der Waals surface area contributed by atoms with Crippen LogP contribution in [-0.4, -0.2) is 0 Å². The minimum atomic E-state index is 0.438. The quantitative estimate of drug-likeness (QED) is 0.624. The molecule has 0 aliphatic heterocycles. The molecule has 0 radical (unpaired) electrons. The summed E-state index contributed by atoms with van der Waals surface area (Å²) < 4.78 is 7.82. The molecule has 2 aromatic rings. The SMILES string of the molecule is ClCc1cccc(Br)c1OCc1cccc(Br)c1. The molecule has 1 nitrogen and oxygen atoms in total. The molecule has 94 valence electrons. The van der Waals surface area contributed by atoms with Crippen LogP contribution in [0.2, 0.25) is 0 Å². The third kappa shape index (κ3) is 3.50. The topological polar surface area (TPSA) is 9.23 Å². The van der Waals surface area contributed by atoms with Gasteiger partial charge in [-0.15, -0.1) is 11.6 Å². The van der Waals surface area contributed by atoms with E-state index in [1.165, 1.54) is 0 Å². The molecule has 2 rings (SSSR count). The Morgan fingerprint density at radius 2 is 1.83 bits per heavy atom. The van der Waals surface area contributed by atoms with E-state index in [0.29, 0.717) is 12.5 Å². The van der Waals surface area contributed by atoms with Crippen molar-refractivity contribution in [2.75, 3.05) is 0 Å². The number of hydrogen-bond donors (Lipinski definition) is 0. The van der Waals surface area contributed by atoms with Crippen LogP contribution < -0.4 is 4.74 Å². The van der Waals surface area contributed by atoms with Crippen molar-refractivity contribution in [2.24, 2.45) is 0 Å². The molecule has 0 amide bonds. The number of para-hydroxylation sites is 1. The number of rotatable bonds is 4. The molecule has 0 aliphatic carbocycles. The predicted octanol–water partition coefficient (Wildman–Crippen LogP) is 5.53. The van der Waals surface area contributed by atoms with E-state index in [2.05, 4.69) is 31.9 Å². The minimum absolute atomic E-state index is 0.438. The molecule has 0 aromatic heterocycles. The monoisotopic (exact) mass is 388 g/mol. The van der Waals surface area contributed by atoms with Gasteiger partial charge in [0, 0.05) is 10.0 Å². The number of ether oxygens (including phenoxy) is 1. The fourth-order valence-corrected chi connectivity index (χ4v) is 2.78. The number of alkyl halides is 1. The van der Waals surface area contributed by atoms with E-state index in [9.17, 15) is 0 Å². The van der Waals surface area contributed by atoms with Gasteiger partial charge in [0.25, 0.3) is 0 Å². The van der Waals surface area contributed by atoms with Gasteiger partial charge in [-0.3, -0.25) is 0 Å². The molecule has 0 atom stereocenters. The van der Waals surface area contributed by atoms with Crippen molar-refractivity contribution < 1.29 is 4.74 Å². The molecule has 0 unspecified atom stereocenters. The first-order valence-electron chi connectivity index (χ1n) is 5.41. The molecule has 0 N–H and O–H groups in total. The number of hydrogen-bond acceptors (Lipinski definition) is 1. The van der Waals surface area contributed by atoms with Gasteiger partial charge in [-0.05, 0) is 39.7 Å². The highest BCUT2D eigenvalue weighted by molar-refractivity contribution is 9.10. The molecule has 18 heavy (non-hydrogen) atoms. The molecule has 0 saturated carbocycles. The van der Waals surface area contributed by atoms with Crippen LogP contribution in [0.5, 0.6) is 5.75 Å². The third-order valence-corrected chi connectivity index (χ3v) is 3.87. The van der Waals surface area contributed by atoms with E-state index >= 15 is 0 Å². The summed E-state index contributed by atoms with van der Waals surface area (Å²) in [5, 5.41) is 0. The molecular formula is C14H11Br2ClO. The van der Waals surface area contributed by atoms with Gasteiger partial charge in [0.2, 0.25) is 0 Å². The summed E-state index contributed by atoms with van der Waals surface area (Å²) in [5.41, 5.74) is 2.10. The molecular weight excluding hydrogens is 379 g/mol. The van der Waals surface area contributed by atoms with Gasteiger partial charge in [0.1, 0.15) is 12.4 Å². The fourth-order valence-electron chi connectivity index (χ4n) is 1.60. The molecule has 0 saturated heterocycles. The van der Waals surface area contributed by atoms with Gasteiger partial charge in [-0.25, -0.2) is 0 Å². The molecule has 2 aromatic carbocycles. The molecule has 0 aliphatic rings. The van der Waals surface area contributed by atoms with Crippen LogP contribution in [-0.2, 0) is 12.5 Å². The van der Waals surface area contributed by atoms with Crippen molar-refractivity contribution in [1.82, 2.24) is 0 Å². The minimum Gasteiger partial charge on any atom is -0.487 e. The van der Waals surface area contributed by atoms with Gasteiger partial charge in [0.15, 0.2) is 0 Å². The largest absolute Gasteiger partial charge is 0.487 e. The Kier molecular flexibility index (Phi) is 5.10. The zero-order valence-corrected chi connectivity index (χ0v) is 13.4. The Morgan fingerprint density at radius 1 is 1.06 bits per heavy atom. The Morgan fingerprint density at radius 3 is 2.56 bits per heavy atom. The maximum atomic E-state index is 5.90. The van der Waals surface area contributed by atoms with Crippen LogP contribution in [0, 0.1) is 0 Å². The third-order valence-electron chi connectivity index (χ3n) is 2.46. The van der Waals surface area contributed by atoms with Gasteiger partial charge in [-0.2, -0.15) is 0 Å². The van der Waals surface area contributed by atoms with Crippen molar-refractivity contribution in [3.05, 3.63) is 62.5 Å². The normalized spacial score (nSPS) is 10.4. The van der Waals surface area contributed by atoms with E-state index in [0.717, 1.165) is 25.8 Å². The van der Waals surface area contributed by atoms with Crippen LogP contribution in [0.4, 0.5) is 0 Å². The van der Waals surface area contributed by atoms with Crippen molar-refractivity contribution >= 4 is 43.5 Å². The molecule has 0 heterocycles. The lowest BCUT2D eigenvalue weighted by Crippen LogP contribution is -1.98. The van der Waals surface area contributed by atoms with E-state index in [1.54, 1.807) is 0 Å². The fraction of sp³-hybridized carbons (Fsp3) is 0.143. The highest BCUT2D eigenvalue weighted by Gasteiger charge is 2.07. The number of halogens is 3. The van der Waals surface area contributed by atoms with Crippen LogP contribution in [0.1, 0.15) is 11.1 Å². The molecule has 0 fully saturated rings. The van der Waals surface area contributed by atoms with Crippen molar-refractivity contribution in [1.29, 1.82) is 0 Å². The average Bonchev–Trinajstić information content (AvgIpc) is 2.37. The summed E-state index contributed by atoms with van der Waals surface area (Å²) in [4.78, 5) is 0. The summed E-state index contributed by atoms with van der Waals surface area (Å²) in [7, 11) is 0. The smallest absolute Gasteiger partial charge is 0.138 e. The van der Waals surface area contributed by atoms with Crippen LogP contribution in [0.15, 0.2) is 51.4 Å². The van der Waals surface area contributed by atoms with Crippen molar-refractivity contribution in [3.63, 3.8) is 0 Å². The standard InChI is InChI=1S/C14H11Br2ClO/c15-12-5-1-3-10(7-12)9-18-14-11(8-17)4-2-6-13(14)16/h1-7H,8-9H2. The predicted molar refractivity (Wildman–Crippen MR) is 82.2 cm³/mol. The van der Waals surface area contributed by atoms with Crippen LogP contribution in [0.3, 0.4) is 0 Å². The van der Waals surface area contributed by atoms with Crippen LogP contribution >= 0.6 is 43.5 Å². The number of benzene rings is 2. The second-order valence-corrected chi connectivity index (χ2v) is 5.82. The second-order valence-electron chi connectivity index (χ2n) is 3.78. The Hall–Kier alpha value is -0.510. The molecule has 0 bridgehead atoms. The van der Waals surface area contributed by atoms with Crippen molar-refractivity contribution in [2.45, 2.75) is 12.5 Å². The first kappa shape index (κ1) is 13.9. The zero-order valence-electron chi connectivity index (χ0n) is 9.50. The van der Waals surface area contributed by atoms with E-state index in [4.69, 9.17) is 16.3 Å². The highest BCUT2D eigenvalue weighted by atomic mass is 79.9. The van der Waals surface area contributed by atoms with Gasteiger partial charge in [-0.1, -0.05) is 40.2 Å².